The molecule has 0 unspecified atom stereocenters. The molecular weight excluding hydrogens is 440 g/mol. The molecule has 1 rings (SSSR count). The molecule has 0 bridgehead atoms. The smallest absolute Gasteiger partial charge is 0.333 e. The fourth-order valence-electron chi connectivity index (χ4n) is 2.67. The van der Waals surface area contributed by atoms with Crippen molar-refractivity contribution in [3.63, 3.8) is 0 Å². The predicted molar refractivity (Wildman–Crippen MR) is 115 cm³/mol. The molecule has 0 spiro atoms. The highest BCUT2D eigenvalue weighted by Gasteiger charge is 2.31. The van der Waals surface area contributed by atoms with Gasteiger partial charge in [0.1, 0.15) is 18.6 Å². The normalized spacial score (nSPS) is 13.1. The van der Waals surface area contributed by atoms with E-state index in [1.54, 1.807) is 37.8 Å². The van der Waals surface area contributed by atoms with Crippen LogP contribution in [0.5, 0.6) is 0 Å². The van der Waals surface area contributed by atoms with Crippen LogP contribution in [0.25, 0.3) is 0 Å². The van der Waals surface area contributed by atoms with Gasteiger partial charge in [0.05, 0.1) is 6.61 Å². The van der Waals surface area contributed by atoms with Crippen molar-refractivity contribution in [3.05, 3.63) is 28.7 Å². The summed E-state index contributed by atoms with van der Waals surface area (Å²) >= 11 is 3.38. The third kappa shape index (κ3) is 8.14. The molecule has 0 saturated carbocycles. The topological polar surface area (TPSA) is 98.9 Å². The number of esters is 3. The number of hydrogen-bond acceptors (Lipinski definition) is 7. The Morgan fingerprint density at radius 1 is 1.07 bits per heavy atom. The number of ether oxygens (including phenoxy) is 2. The van der Waals surface area contributed by atoms with Gasteiger partial charge in [-0.25, -0.2) is 14.4 Å². The molecule has 0 radical (unpaired) electrons. The van der Waals surface area contributed by atoms with Crippen molar-refractivity contribution >= 4 is 39.5 Å². The second-order valence-electron chi connectivity index (χ2n) is 7.56. The van der Waals surface area contributed by atoms with Crippen LogP contribution in [0.15, 0.2) is 28.7 Å². The number of halogens is 1. The number of hydrogen-bond donors (Lipinski definition) is 1. The van der Waals surface area contributed by atoms with Crippen molar-refractivity contribution in [1.29, 1.82) is 0 Å². The van der Waals surface area contributed by atoms with E-state index in [1.807, 2.05) is 26.0 Å². The van der Waals surface area contributed by atoms with E-state index in [2.05, 4.69) is 15.9 Å². The molecule has 29 heavy (non-hydrogen) atoms. The Hall–Kier alpha value is -1.93. The highest BCUT2D eigenvalue weighted by atomic mass is 79.9. The molecular formula is C21H31BrN2O5. The van der Waals surface area contributed by atoms with Crippen molar-refractivity contribution in [3.8, 4) is 0 Å². The monoisotopic (exact) mass is 470 g/mol. The Balaban J connectivity index is 3.15. The molecule has 0 saturated heterocycles. The summed E-state index contributed by atoms with van der Waals surface area (Å²) in [5.41, 5.74) is 6.40. The van der Waals surface area contributed by atoms with Crippen molar-refractivity contribution in [2.45, 2.75) is 53.1 Å². The van der Waals surface area contributed by atoms with Gasteiger partial charge in [0.15, 0.2) is 0 Å². The summed E-state index contributed by atoms with van der Waals surface area (Å²) in [7, 11) is 0. The molecule has 1 aromatic rings. The highest BCUT2D eigenvalue weighted by Crippen LogP contribution is 2.24. The lowest BCUT2D eigenvalue weighted by molar-refractivity contribution is -0.160. The minimum atomic E-state index is -0.892. The van der Waals surface area contributed by atoms with Crippen LogP contribution < -0.4 is 10.6 Å². The summed E-state index contributed by atoms with van der Waals surface area (Å²) in [6.07, 6.45) is 0.474. The zero-order chi connectivity index (χ0) is 22.1. The van der Waals surface area contributed by atoms with Crippen molar-refractivity contribution in [2.75, 3.05) is 18.1 Å². The minimum absolute atomic E-state index is 0.161. The Morgan fingerprint density at radius 2 is 1.66 bits per heavy atom. The molecule has 7 nitrogen and oxygen atoms in total. The van der Waals surface area contributed by atoms with Gasteiger partial charge < -0.3 is 20.1 Å². The zero-order valence-electron chi connectivity index (χ0n) is 17.7. The summed E-state index contributed by atoms with van der Waals surface area (Å²) in [4.78, 5) is 38.8. The number of carbonyl (C=O) groups excluding carboxylic acids is 3. The Morgan fingerprint density at radius 3 is 2.14 bits per heavy atom. The van der Waals surface area contributed by atoms with Crippen molar-refractivity contribution < 1.29 is 23.9 Å². The molecule has 0 fully saturated rings. The molecule has 2 atom stereocenters. The van der Waals surface area contributed by atoms with Crippen LogP contribution in [0, 0.1) is 11.8 Å². The molecule has 0 heterocycles. The van der Waals surface area contributed by atoms with E-state index in [4.69, 9.17) is 15.2 Å². The molecule has 0 aliphatic heterocycles. The number of nitrogens with two attached hydrogens (primary N) is 1. The average Bonchev–Trinajstić information content (AvgIpc) is 2.64. The van der Waals surface area contributed by atoms with Crippen molar-refractivity contribution in [1.82, 2.24) is 0 Å². The zero-order valence-corrected chi connectivity index (χ0v) is 19.3. The summed E-state index contributed by atoms with van der Waals surface area (Å²) in [6, 6.07) is 5.60. The summed E-state index contributed by atoms with van der Waals surface area (Å²) in [5.74, 6) is -1.97. The Kier molecular flexibility index (Phi) is 10.3. The molecule has 2 N–H and O–H groups in total. The second-order valence-corrected chi connectivity index (χ2v) is 8.48. The summed E-state index contributed by atoms with van der Waals surface area (Å²) in [6.45, 7) is 9.18. The number of benzene rings is 1. The number of nitrogens with zero attached hydrogens (tertiary/aromatic N) is 1. The first-order chi connectivity index (χ1) is 13.6. The lowest BCUT2D eigenvalue weighted by Crippen LogP contribution is -2.47. The molecule has 162 valence electrons. The summed E-state index contributed by atoms with van der Waals surface area (Å²) < 4.78 is 11.0. The minimum Gasteiger partial charge on any atom is -0.464 e. The van der Waals surface area contributed by atoms with Gasteiger partial charge >= 0.3 is 17.9 Å². The fourth-order valence-corrected chi connectivity index (χ4v) is 2.94. The summed E-state index contributed by atoms with van der Waals surface area (Å²) in [5, 5.41) is 0. The largest absolute Gasteiger partial charge is 0.464 e. The van der Waals surface area contributed by atoms with Gasteiger partial charge in [0, 0.05) is 10.2 Å². The third-order valence-corrected chi connectivity index (χ3v) is 4.82. The Labute approximate surface area is 181 Å². The first-order valence-electron chi connectivity index (χ1n) is 9.75. The number of rotatable bonds is 10. The van der Waals surface area contributed by atoms with E-state index in [1.165, 1.54) is 0 Å². The quantitative estimate of drug-likeness (QED) is 0.413. The van der Waals surface area contributed by atoms with Gasteiger partial charge in [-0.2, -0.15) is 0 Å². The van der Waals surface area contributed by atoms with Crippen LogP contribution in [0.3, 0.4) is 0 Å². The van der Waals surface area contributed by atoms with Crippen molar-refractivity contribution in [2.24, 2.45) is 17.6 Å². The van der Waals surface area contributed by atoms with Crippen LogP contribution in [0.4, 0.5) is 5.69 Å². The SMILES string of the molecule is CCOC(=O)[C@H](CC(C)C)N(CC(=O)OC(=O)[C@@H](N)C(C)C)c1ccc(Br)cc1. The van der Waals surface area contributed by atoms with E-state index in [-0.39, 0.29) is 25.0 Å². The maximum absolute atomic E-state index is 12.6. The molecule has 0 aliphatic rings. The lowest BCUT2D eigenvalue weighted by atomic mass is 10.0. The molecule has 0 aromatic heterocycles. The van der Waals surface area contributed by atoms with Crippen LogP contribution in [0.1, 0.15) is 41.0 Å². The third-order valence-electron chi connectivity index (χ3n) is 4.29. The van der Waals surface area contributed by atoms with Gasteiger partial charge in [0.2, 0.25) is 0 Å². The average molecular weight is 471 g/mol. The first kappa shape index (κ1) is 25.1. The first-order valence-corrected chi connectivity index (χ1v) is 10.5. The number of anilines is 1. The Bertz CT molecular complexity index is 691. The molecule has 1 aromatic carbocycles. The maximum Gasteiger partial charge on any atom is 0.333 e. The standard InChI is InChI=1S/C21H31BrN2O5/c1-6-28-20(26)17(11-13(2)3)24(16-9-7-15(22)8-10-16)12-18(25)29-21(27)19(23)14(4)5/h7-10,13-14,17,19H,6,11-12,23H2,1-5H3/t17-,19-/m0/s1. The van der Waals surface area contributed by atoms with E-state index in [0.717, 1.165) is 4.47 Å². The number of carbonyl (C=O) groups is 3. The van der Waals surface area contributed by atoms with Gasteiger partial charge in [-0.3, -0.25) is 0 Å². The van der Waals surface area contributed by atoms with E-state index >= 15 is 0 Å². The fraction of sp³-hybridized carbons (Fsp3) is 0.571. The van der Waals surface area contributed by atoms with E-state index < -0.39 is 30.0 Å². The van der Waals surface area contributed by atoms with Gasteiger partial charge in [-0.15, -0.1) is 0 Å². The van der Waals surface area contributed by atoms with Gasteiger partial charge in [-0.1, -0.05) is 43.6 Å². The van der Waals surface area contributed by atoms with Crippen LogP contribution in [-0.4, -0.2) is 43.1 Å². The van der Waals surface area contributed by atoms with Crippen LogP contribution in [-0.2, 0) is 23.9 Å². The van der Waals surface area contributed by atoms with Crippen LogP contribution >= 0.6 is 15.9 Å². The van der Waals surface area contributed by atoms with Gasteiger partial charge in [0.25, 0.3) is 0 Å². The van der Waals surface area contributed by atoms with Crippen LogP contribution in [0.2, 0.25) is 0 Å². The molecule has 0 aliphatic carbocycles. The van der Waals surface area contributed by atoms with E-state index in [0.29, 0.717) is 12.1 Å². The second kappa shape index (κ2) is 11.9. The molecule has 0 amide bonds. The van der Waals surface area contributed by atoms with Gasteiger partial charge in [-0.05, 0) is 49.4 Å². The van der Waals surface area contributed by atoms with E-state index in [9.17, 15) is 14.4 Å². The highest BCUT2D eigenvalue weighted by molar-refractivity contribution is 9.10. The molecule has 8 heteroatoms. The lowest BCUT2D eigenvalue weighted by Gasteiger charge is -2.32. The predicted octanol–water partition coefficient (Wildman–Crippen LogP) is 3.29. The maximum atomic E-state index is 12.6.